The summed E-state index contributed by atoms with van der Waals surface area (Å²) in [6.07, 6.45) is 3.33. The summed E-state index contributed by atoms with van der Waals surface area (Å²) in [5, 5.41) is 13.9. The van der Waals surface area contributed by atoms with E-state index in [9.17, 15) is 14.7 Å². The molecule has 2 bridgehead atoms. The fourth-order valence-corrected chi connectivity index (χ4v) is 8.54. The first-order valence-electron chi connectivity index (χ1n) is 18.4. The quantitative estimate of drug-likeness (QED) is 0.153. The summed E-state index contributed by atoms with van der Waals surface area (Å²) in [7, 11) is 0. The summed E-state index contributed by atoms with van der Waals surface area (Å²) in [6.45, 7) is 13.0. The average molecular weight is 720 g/mol. The number of aryl methyl sites for hydroxylation is 2. The minimum atomic E-state index is -1.35. The predicted octanol–water partition coefficient (Wildman–Crippen LogP) is 5.69. The van der Waals surface area contributed by atoms with Gasteiger partial charge in [0.25, 0.3) is 5.91 Å². The topological polar surface area (TPSA) is 125 Å². The molecule has 2 N–H and O–H groups in total. The highest BCUT2D eigenvalue weighted by molar-refractivity contribution is 6.05. The lowest BCUT2D eigenvalue weighted by molar-refractivity contribution is -0.162. The van der Waals surface area contributed by atoms with Crippen LogP contribution in [0.2, 0.25) is 0 Å². The number of allylic oxidation sites excluding steroid dienone is 1. The summed E-state index contributed by atoms with van der Waals surface area (Å²) in [5.41, 5.74) is 2.49. The van der Waals surface area contributed by atoms with Gasteiger partial charge in [-0.15, -0.1) is 13.2 Å². The molecule has 6 rings (SSSR count). The van der Waals surface area contributed by atoms with Crippen molar-refractivity contribution in [1.29, 1.82) is 0 Å². The molecular formula is C43H49N3O7. The van der Waals surface area contributed by atoms with Gasteiger partial charge >= 0.3 is 5.97 Å². The van der Waals surface area contributed by atoms with Gasteiger partial charge in [-0.2, -0.15) is 0 Å². The molecule has 3 aromatic rings. The Balaban J connectivity index is 1.40. The fourth-order valence-electron chi connectivity index (χ4n) is 8.54. The predicted molar refractivity (Wildman–Crippen MR) is 201 cm³/mol. The van der Waals surface area contributed by atoms with Crippen molar-refractivity contribution in [2.24, 2.45) is 11.8 Å². The summed E-state index contributed by atoms with van der Waals surface area (Å²) < 4.78 is 13.1. The zero-order valence-electron chi connectivity index (χ0n) is 30.6. The number of hydrogen-bond acceptors (Lipinski definition) is 7. The summed E-state index contributed by atoms with van der Waals surface area (Å²) in [6, 6.07) is 21.5. The number of carbonyl (C=O) groups excluding carboxylic acids is 4. The Hall–Kier alpha value is -5.06. The number of nitrogens with zero attached hydrogens (tertiary/aromatic N) is 2. The lowest BCUT2D eigenvalue weighted by Gasteiger charge is -2.39. The van der Waals surface area contributed by atoms with Gasteiger partial charge in [0, 0.05) is 18.7 Å². The van der Waals surface area contributed by atoms with E-state index in [-0.39, 0.29) is 24.8 Å². The van der Waals surface area contributed by atoms with Crippen LogP contribution in [-0.4, -0.2) is 70.6 Å². The second-order valence-electron chi connectivity index (χ2n) is 14.4. The Morgan fingerprint density at radius 1 is 1.04 bits per heavy atom. The van der Waals surface area contributed by atoms with E-state index in [1.807, 2.05) is 92.7 Å². The first-order valence-corrected chi connectivity index (χ1v) is 18.4. The molecular weight excluding hydrogens is 670 g/mol. The maximum Gasteiger partial charge on any atom is 0.313 e. The molecule has 3 aliphatic heterocycles. The highest BCUT2D eigenvalue weighted by Gasteiger charge is 2.76. The summed E-state index contributed by atoms with van der Waals surface area (Å²) in [5.74, 6) is -3.73. The number of rotatable bonds is 15. The lowest BCUT2D eigenvalue weighted by Crippen LogP contribution is -2.57. The van der Waals surface area contributed by atoms with Gasteiger partial charge in [-0.1, -0.05) is 84.9 Å². The van der Waals surface area contributed by atoms with Gasteiger partial charge in [-0.3, -0.25) is 19.2 Å². The van der Waals surface area contributed by atoms with Crippen LogP contribution in [0.1, 0.15) is 67.0 Å². The third-order valence-corrected chi connectivity index (χ3v) is 11.0. The fraction of sp³-hybridized carbons (Fsp3) is 0.395. The molecule has 10 heteroatoms. The van der Waals surface area contributed by atoms with E-state index in [0.29, 0.717) is 36.1 Å². The first kappa shape index (κ1) is 37.7. The molecule has 0 radical (unpaired) electrons. The summed E-state index contributed by atoms with van der Waals surface area (Å²) in [4.78, 5) is 60.6. The maximum absolute atomic E-state index is 15.2. The Kier molecular flexibility index (Phi) is 11.3. The Bertz CT molecular complexity index is 1850. The number of ether oxygens (including phenoxy) is 2. The van der Waals surface area contributed by atoms with Crippen LogP contribution in [0.5, 0.6) is 0 Å². The minimum absolute atomic E-state index is 0.168. The molecule has 10 nitrogen and oxygen atoms in total. The molecule has 3 amide bonds. The van der Waals surface area contributed by atoms with Gasteiger partial charge in [0.15, 0.2) is 0 Å². The molecule has 1 spiro atoms. The van der Waals surface area contributed by atoms with Crippen molar-refractivity contribution >= 4 is 29.4 Å². The van der Waals surface area contributed by atoms with Crippen LogP contribution in [0, 0.1) is 25.7 Å². The third-order valence-electron chi connectivity index (χ3n) is 11.0. The van der Waals surface area contributed by atoms with Crippen LogP contribution in [0.4, 0.5) is 5.69 Å². The van der Waals surface area contributed by atoms with Crippen LogP contribution in [0.15, 0.2) is 104 Å². The number of amides is 3. The summed E-state index contributed by atoms with van der Waals surface area (Å²) >= 11 is 0. The second-order valence-corrected chi connectivity index (χ2v) is 14.4. The number of nitrogens with one attached hydrogen (secondary N) is 1. The largest absolute Gasteiger partial charge is 0.455 e. The number of esters is 1. The SMILES string of the molecule is C=CCCC(=O)N[C@H](C)[C@@H](OC(=O)[C@@H]1[C@@H]2CC[C@]3(O2)[C@H](C(=O)N(CC=C)c2cc(C)ccc2C)N([C@H](CO)c2ccccc2)C(=O)[C@@H]13)c1ccccc1. The van der Waals surface area contributed by atoms with Crippen molar-refractivity contribution in [2.45, 2.75) is 82.4 Å². The van der Waals surface area contributed by atoms with Gasteiger partial charge in [-0.05, 0) is 68.4 Å². The highest BCUT2D eigenvalue weighted by Crippen LogP contribution is 2.60. The number of fused-ring (bicyclic) bond motifs is 1. The molecule has 8 atom stereocenters. The van der Waals surface area contributed by atoms with Gasteiger partial charge in [-0.25, -0.2) is 0 Å². The smallest absolute Gasteiger partial charge is 0.313 e. The number of benzene rings is 3. The minimum Gasteiger partial charge on any atom is -0.455 e. The first-order chi connectivity index (χ1) is 25.6. The number of anilines is 1. The van der Waals surface area contributed by atoms with Gasteiger partial charge in [0.05, 0.1) is 36.6 Å². The van der Waals surface area contributed by atoms with E-state index in [2.05, 4.69) is 18.5 Å². The molecule has 3 aliphatic rings. The average Bonchev–Trinajstić information content (AvgIpc) is 3.81. The number of hydrogen-bond donors (Lipinski definition) is 2. The van der Waals surface area contributed by atoms with Crippen molar-refractivity contribution in [3.63, 3.8) is 0 Å². The monoisotopic (exact) mass is 719 g/mol. The van der Waals surface area contributed by atoms with E-state index in [1.54, 1.807) is 24.0 Å². The molecule has 0 aliphatic carbocycles. The van der Waals surface area contributed by atoms with Gasteiger partial charge < -0.3 is 29.7 Å². The van der Waals surface area contributed by atoms with Crippen LogP contribution in [-0.2, 0) is 28.7 Å². The van der Waals surface area contributed by atoms with E-state index >= 15 is 9.59 Å². The standard InChI is InChI=1S/C43H49N3O7/c1-6-8-19-35(48)44-29(5)38(31-17-13-10-14-18-31)52-42(51)36-34-22-23-43(53-34)37(36)40(49)46(33(26-47)30-15-11-9-12-16-30)39(43)41(50)45(24-7-2)32-25-27(3)20-21-28(32)4/h6-7,9-18,20-21,25,29,33-34,36-39,47H,1-2,8,19,22-24,26H2,3-5H3,(H,44,48)/t29-,33-,34+,36-,37-,38-,39+,43-/m1/s1. The Morgan fingerprint density at radius 2 is 1.72 bits per heavy atom. The normalized spacial score (nSPS) is 24.5. The number of carbonyl (C=O) groups is 4. The lowest BCUT2D eigenvalue weighted by atomic mass is 9.70. The van der Waals surface area contributed by atoms with Crippen molar-refractivity contribution in [1.82, 2.24) is 10.2 Å². The van der Waals surface area contributed by atoms with Gasteiger partial charge in [0.2, 0.25) is 11.8 Å². The molecule has 53 heavy (non-hydrogen) atoms. The van der Waals surface area contributed by atoms with E-state index in [4.69, 9.17) is 9.47 Å². The third kappa shape index (κ3) is 7.05. The molecule has 0 aromatic heterocycles. The Morgan fingerprint density at radius 3 is 2.36 bits per heavy atom. The van der Waals surface area contributed by atoms with Crippen molar-refractivity contribution in [3.8, 4) is 0 Å². The molecule has 278 valence electrons. The zero-order chi connectivity index (χ0) is 37.9. The number of likely N-dealkylation sites (tertiary alicyclic amines) is 1. The molecule has 3 saturated heterocycles. The zero-order valence-corrected chi connectivity index (χ0v) is 30.6. The van der Waals surface area contributed by atoms with Crippen LogP contribution < -0.4 is 10.2 Å². The van der Waals surface area contributed by atoms with Crippen molar-refractivity contribution < 1.29 is 33.8 Å². The van der Waals surface area contributed by atoms with Crippen LogP contribution >= 0.6 is 0 Å². The molecule has 0 unspecified atom stereocenters. The Labute approximate surface area is 311 Å². The number of aliphatic hydroxyl groups excluding tert-OH is 1. The molecule has 3 heterocycles. The molecule has 3 aromatic carbocycles. The highest BCUT2D eigenvalue weighted by atomic mass is 16.6. The van der Waals surface area contributed by atoms with Crippen LogP contribution in [0.25, 0.3) is 0 Å². The van der Waals surface area contributed by atoms with Crippen LogP contribution in [0.3, 0.4) is 0 Å². The van der Waals surface area contributed by atoms with Gasteiger partial charge in [0.1, 0.15) is 17.7 Å². The molecule has 3 fully saturated rings. The molecule has 0 saturated carbocycles. The van der Waals surface area contributed by atoms with E-state index < -0.39 is 66.3 Å². The van der Waals surface area contributed by atoms with E-state index in [0.717, 1.165) is 11.1 Å². The van der Waals surface area contributed by atoms with Crippen molar-refractivity contribution in [2.75, 3.05) is 18.1 Å². The van der Waals surface area contributed by atoms with Crippen molar-refractivity contribution in [3.05, 3.63) is 126 Å². The maximum atomic E-state index is 15.2. The second kappa shape index (κ2) is 15.9. The number of aliphatic hydroxyl groups is 1. The van der Waals surface area contributed by atoms with E-state index in [1.165, 1.54) is 4.90 Å².